The minimum atomic E-state index is 0.600. The van der Waals surface area contributed by atoms with Gasteiger partial charge in [0.2, 0.25) is 0 Å². The van der Waals surface area contributed by atoms with Gasteiger partial charge in [0.05, 0.1) is 6.10 Å². The molecule has 2 aliphatic carbocycles. The first-order valence-electron chi connectivity index (χ1n) is 5.88. The molecule has 0 radical (unpaired) electrons. The Morgan fingerprint density at radius 2 is 2.00 bits per heavy atom. The third kappa shape index (κ3) is 1.76. The van der Waals surface area contributed by atoms with E-state index in [0.29, 0.717) is 6.10 Å². The van der Waals surface area contributed by atoms with E-state index in [9.17, 15) is 0 Å². The third-order valence-corrected chi connectivity index (χ3v) is 4.33. The summed E-state index contributed by atoms with van der Waals surface area (Å²) in [6, 6.07) is 0. The Morgan fingerprint density at radius 3 is 2.69 bits per heavy atom. The Bertz CT molecular complexity index is 167. The van der Waals surface area contributed by atoms with E-state index in [-0.39, 0.29) is 0 Å². The summed E-state index contributed by atoms with van der Waals surface area (Å²) in [5, 5.41) is 0. The van der Waals surface area contributed by atoms with Gasteiger partial charge in [0.25, 0.3) is 0 Å². The largest absolute Gasteiger partial charge is 0.381 e. The Labute approximate surface area is 81.9 Å². The second-order valence-electron chi connectivity index (χ2n) is 4.86. The highest BCUT2D eigenvalue weighted by Gasteiger charge is 2.39. The quantitative estimate of drug-likeness (QED) is 0.637. The van der Waals surface area contributed by atoms with E-state index in [1.807, 2.05) is 7.11 Å². The molecule has 0 heterocycles. The van der Waals surface area contributed by atoms with Crippen molar-refractivity contribution in [1.29, 1.82) is 0 Å². The van der Waals surface area contributed by atoms with Crippen molar-refractivity contribution in [3.63, 3.8) is 0 Å². The molecule has 0 amide bonds. The van der Waals surface area contributed by atoms with E-state index in [2.05, 4.69) is 6.92 Å². The van der Waals surface area contributed by atoms with Crippen molar-refractivity contribution >= 4 is 0 Å². The maximum Gasteiger partial charge on any atom is 0.0602 e. The highest BCUT2D eigenvalue weighted by Crippen LogP contribution is 2.46. The van der Waals surface area contributed by atoms with Crippen molar-refractivity contribution in [1.82, 2.24) is 0 Å². The highest BCUT2D eigenvalue weighted by atomic mass is 16.5. The molecule has 0 N–H and O–H groups in total. The maximum atomic E-state index is 5.55. The Balaban J connectivity index is 1.94. The average molecular weight is 182 g/mol. The van der Waals surface area contributed by atoms with Crippen molar-refractivity contribution in [3.8, 4) is 0 Å². The second kappa shape index (κ2) is 4.00. The van der Waals surface area contributed by atoms with Crippen LogP contribution in [0.4, 0.5) is 0 Å². The monoisotopic (exact) mass is 182 g/mol. The van der Waals surface area contributed by atoms with Crippen molar-refractivity contribution in [2.24, 2.45) is 17.8 Å². The summed E-state index contributed by atoms with van der Waals surface area (Å²) in [6.07, 6.45) is 9.12. The molecule has 2 aliphatic rings. The molecule has 1 heteroatoms. The zero-order chi connectivity index (χ0) is 9.26. The predicted molar refractivity (Wildman–Crippen MR) is 54.6 cm³/mol. The number of ether oxygens (including phenoxy) is 1. The van der Waals surface area contributed by atoms with Gasteiger partial charge in [-0.2, -0.15) is 0 Å². The van der Waals surface area contributed by atoms with Gasteiger partial charge in [-0.05, 0) is 43.4 Å². The number of hydrogen-bond acceptors (Lipinski definition) is 1. The molecule has 0 saturated heterocycles. The van der Waals surface area contributed by atoms with Crippen molar-refractivity contribution in [3.05, 3.63) is 0 Å². The molecule has 1 nitrogen and oxygen atoms in total. The lowest BCUT2D eigenvalue weighted by atomic mass is 9.74. The molecule has 0 bridgehead atoms. The van der Waals surface area contributed by atoms with E-state index < -0.39 is 0 Å². The minimum Gasteiger partial charge on any atom is -0.381 e. The van der Waals surface area contributed by atoms with Gasteiger partial charge in [-0.3, -0.25) is 0 Å². The predicted octanol–water partition coefficient (Wildman–Crippen LogP) is 3.24. The molecule has 4 unspecified atom stereocenters. The standard InChI is InChI=1S/C12H22O/c1-3-9-4-6-11-10(8-9)5-7-12(11)13-2/h9-12H,3-8H2,1-2H3. The number of fused-ring (bicyclic) bond motifs is 1. The summed E-state index contributed by atoms with van der Waals surface area (Å²) < 4.78 is 5.55. The van der Waals surface area contributed by atoms with Crippen molar-refractivity contribution in [2.75, 3.05) is 7.11 Å². The van der Waals surface area contributed by atoms with E-state index in [4.69, 9.17) is 4.74 Å². The fourth-order valence-corrected chi connectivity index (χ4v) is 3.46. The fraction of sp³-hybridized carbons (Fsp3) is 1.00. The van der Waals surface area contributed by atoms with Crippen LogP contribution in [0.25, 0.3) is 0 Å². The van der Waals surface area contributed by atoms with Gasteiger partial charge >= 0.3 is 0 Å². The van der Waals surface area contributed by atoms with Gasteiger partial charge in [0.15, 0.2) is 0 Å². The summed E-state index contributed by atoms with van der Waals surface area (Å²) in [5.74, 6) is 2.94. The average Bonchev–Trinajstić information content (AvgIpc) is 2.59. The van der Waals surface area contributed by atoms with Crippen molar-refractivity contribution < 1.29 is 4.74 Å². The van der Waals surface area contributed by atoms with E-state index in [1.165, 1.54) is 38.5 Å². The molecule has 0 aromatic carbocycles. The number of hydrogen-bond donors (Lipinski definition) is 0. The molecule has 2 fully saturated rings. The van der Waals surface area contributed by atoms with Gasteiger partial charge in [0, 0.05) is 7.11 Å². The van der Waals surface area contributed by atoms with E-state index in [1.54, 1.807) is 0 Å². The molecule has 0 aromatic heterocycles. The molecule has 2 rings (SSSR count). The van der Waals surface area contributed by atoms with Gasteiger partial charge in [0.1, 0.15) is 0 Å². The lowest BCUT2D eigenvalue weighted by Crippen LogP contribution is -2.27. The van der Waals surface area contributed by atoms with Crippen LogP contribution in [0.5, 0.6) is 0 Å². The minimum absolute atomic E-state index is 0.600. The van der Waals surface area contributed by atoms with Gasteiger partial charge in [-0.15, -0.1) is 0 Å². The zero-order valence-corrected chi connectivity index (χ0v) is 8.96. The second-order valence-corrected chi connectivity index (χ2v) is 4.86. The Kier molecular flexibility index (Phi) is 2.92. The van der Waals surface area contributed by atoms with Crippen LogP contribution in [0.15, 0.2) is 0 Å². The van der Waals surface area contributed by atoms with Crippen LogP contribution in [0.3, 0.4) is 0 Å². The van der Waals surface area contributed by atoms with Crippen LogP contribution >= 0.6 is 0 Å². The number of methoxy groups -OCH3 is 1. The summed E-state index contributed by atoms with van der Waals surface area (Å²) in [6.45, 7) is 2.34. The summed E-state index contributed by atoms with van der Waals surface area (Å²) in [5.41, 5.74) is 0. The fourth-order valence-electron chi connectivity index (χ4n) is 3.46. The number of rotatable bonds is 2. The molecule has 76 valence electrons. The molecular weight excluding hydrogens is 160 g/mol. The topological polar surface area (TPSA) is 9.23 Å². The van der Waals surface area contributed by atoms with E-state index in [0.717, 1.165) is 17.8 Å². The normalized spacial score (nSPS) is 44.8. The van der Waals surface area contributed by atoms with Gasteiger partial charge < -0.3 is 4.74 Å². The first-order valence-corrected chi connectivity index (χ1v) is 5.88. The maximum absolute atomic E-state index is 5.55. The van der Waals surface area contributed by atoms with Crippen LogP contribution in [0.2, 0.25) is 0 Å². The highest BCUT2D eigenvalue weighted by molar-refractivity contribution is 4.90. The Morgan fingerprint density at radius 1 is 1.15 bits per heavy atom. The van der Waals surface area contributed by atoms with Crippen LogP contribution in [-0.2, 0) is 4.74 Å². The van der Waals surface area contributed by atoms with Crippen LogP contribution in [0.1, 0.15) is 45.4 Å². The van der Waals surface area contributed by atoms with Crippen molar-refractivity contribution in [2.45, 2.75) is 51.6 Å². The molecule has 2 saturated carbocycles. The van der Waals surface area contributed by atoms with E-state index >= 15 is 0 Å². The van der Waals surface area contributed by atoms with Crippen LogP contribution in [0, 0.1) is 17.8 Å². The molecule has 4 atom stereocenters. The third-order valence-electron chi connectivity index (χ3n) is 4.33. The molecule has 13 heavy (non-hydrogen) atoms. The molecule has 0 aromatic rings. The Hall–Kier alpha value is -0.0400. The smallest absolute Gasteiger partial charge is 0.0602 e. The zero-order valence-electron chi connectivity index (χ0n) is 8.96. The first kappa shape index (κ1) is 9.51. The summed E-state index contributed by atoms with van der Waals surface area (Å²) in [4.78, 5) is 0. The molecule has 0 aliphatic heterocycles. The van der Waals surface area contributed by atoms with Gasteiger partial charge in [-0.1, -0.05) is 19.8 Å². The van der Waals surface area contributed by atoms with Crippen LogP contribution < -0.4 is 0 Å². The molecular formula is C12H22O. The lowest BCUT2D eigenvalue weighted by Gasteiger charge is -2.33. The van der Waals surface area contributed by atoms with Gasteiger partial charge in [-0.25, -0.2) is 0 Å². The SMILES string of the molecule is CCC1CCC2C(CCC2OC)C1. The lowest BCUT2D eigenvalue weighted by molar-refractivity contribution is 0.0390. The van der Waals surface area contributed by atoms with Crippen LogP contribution in [-0.4, -0.2) is 13.2 Å². The summed E-state index contributed by atoms with van der Waals surface area (Å²) in [7, 11) is 1.89. The summed E-state index contributed by atoms with van der Waals surface area (Å²) >= 11 is 0. The first-order chi connectivity index (χ1) is 6.35. The molecule has 0 spiro atoms.